The van der Waals surface area contributed by atoms with Gasteiger partial charge in [0.25, 0.3) is 0 Å². The summed E-state index contributed by atoms with van der Waals surface area (Å²) in [5.41, 5.74) is 2.15. The first kappa shape index (κ1) is 18.1. The molecule has 0 saturated heterocycles. The third-order valence-electron chi connectivity index (χ3n) is 4.02. The van der Waals surface area contributed by atoms with Crippen molar-refractivity contribution in [3.8, 4) is 11.4 Å². The molecule has 26 heavy (non-hydrogen) atoms. The summed E-state index contributed by atoms with van der Waals surface area (Å²) in [6.45, 7) is 4.96. The van der Waals surface area contributed by atoms with Crippen LogP contribution in [-0.2, 0) is 17.6 Å². The molecule has 0 aliphatic carbocycles. The van der Waals surface area contributed by atoms with Crippen LogP contribution in [0.15, 0.2) is 64.3 Å². The van der Waals surface area contributed by atoms with Crippen molar-refractivity contribution in [2.24, 2.45) is 0 Å². The van der Waals surface area contributed by atoms with Gasteiger partial charge in [0.1, 0.15) is 0 Å². The SMILES string of the molecule is C=CCN(CCc1ccccc1)C(=O)CCc1nc(-c2ccsc2)no1. The van der Waals surface area contributed by atoms with E-state index in [0.717, 1.165) is 12.0 Å². The second kappa shape index (κ2) is 9.10. The van der Waals surface area contributed by atoms with Gasteiger partial charge >= 0.3 is 0 Å². The highest BCUT2D eigenvalue weighted by Gasteiger charge is 2.15. The maximum absolute atomic E-state index is 12.6. The normalized spacial score (nSPS) is 10.6. The lowest BCUT2D eigenvalue weighted by Gasteiger charge is -2.21. The van der Waals surface area contributed by atoms with Gasteiger partial charge < -0.3 is 9.42 Å². The molecule has 0 aliphatic rings. The third-order valence-corrected chi connectivity index (χ3v) is 4.70. The van der Waals surface area contributed by atoms with Crippen LogP contribution in [0.4, 0.5) is 0 Å². The number of carbonyl (C=O) groups is 1. The molecule has 3 rings (SSSR count). The molecule has 5 nitrogen and oxygen atoms in total. The third kappa shape index (κ3) is 4.89. The van der Waals surface area contributed by atoms with Crippen LogP contribution in [-0.4, -0.2) is 34.0 Å². The fraction of sp³-hybridized carbons (Fsp3) is 0.250. The van der Waals surface area contributed by atoms with Gasteiger partial charge in [0.2, 0.25) is 17.6 Å². The Hall–Kier alpha value is -2.73. The minimum Gasteiger partial charge on any atom is -0.339 e. The Labute approximate surface area is 157 Å². The number of rotatable bonds is 9. The van der Waals surface area contributed by atoms with Gasteiger partial charge in [-0.05, 0) is 23.4 Å². The topological polar surface area (TPSA) is 59.2 Å². The summed E-state index contributed by atoms with van der Waals surface area (Å²) in [5.74, 6) is 1.12. The number of carbonyl (C=O) groups excluding carboxylic acids is 1. The van der Waals surface area contributed by atoms with E-state index in [0.29, 0.717) is 37.6 Å². The van der Waals surface area contributed by atoms with E-state index in [-0.39, 0.29) is 5.91 Å². The zero-order chi connectivity index (χ0) is 18.2. The Bertz CT molecular complexity index is 828. The molecule has 0 spiro atoms. The lowest BCUT2D eigenvalue weighted by atomic mass is 10.1. The maximum atomic E-state index is 12.6. The van der Waals surface area contributed by atoms with Crippen molar-refractivity contribution < 1.29 is 9.32 Å². The molecule has 0 atom stereocenters. The average Bonchev–Trinajstić information content (AvgIpc) is 3.35. The molecular formula is C20H21N3O2S. The predicted octanol–water partition coefficient (Wildman–Crippen LogP) is 3.99. The zero-order valence-corrected chi connectivity index (χ0v) is 15.3. The van der Waals surface area contributed by atoms with Crippen LogP contribution in [0.25, 0.3) is 11.4 Å². The smallest absolute Gasteiger partial charge is 0.227 e. The molecule has 6 heteroatoms. The molecular weight excluding hydrogens is 346 g/mol. The van der Waals surface area contributed by atoms with E-state index in [1.54, 1.807) is 17.4 Å². The number of hydrogen-bond donors (Lipinski definition) is 0. The number of aromatic nitrogens is 2. The van der Waals surface area contributed by atoms with Gasteiger partial charge in [0.05, 0.1) is 0 Å². The molecule has 2 aromatic heterocycles. The van der Waals surface area contributed by atoms with Crippen LogP contribution in [0.2, 0.25) is 0 Å². The minimum absolute atomic E-state index is 0.0658. The van der Waals surface area contributed by atoms with Gasteiger partial charge in [-0.25, -0.2) is 0 Å². The zero-order valence-electron chi connectivity index (χ0n) is 14.5. The Morgan fingerprint density at radius 1 is 1.23 bits per heavy atom. The molecule has 2 heterocycles. The summed E-state index contributed by atoms with van der Waals surface area (Å²) >= 11 is 1.58. The summed E-state index contributed by atoms with van der Waals surface area (Å²) < 4.78 is 5.26. The van der Waals surface area contributed by atoms with Crippen LogP contribution in [0.5, 0.6) is 0 Å². The van der Waals surface area contributed by atoms with Crippen LogP contribution in [0.3, 0.4) is 0 Å². The first-order valence-corrected chi connectivity index (χ1v) is 9.48. The van der Waals surface area contributed by atoms with Crippen molar-refractivity contribution in [1.82, 2.24) is 15.0 Å². The van der Waals surface area contributed by atoms with Crippen LogP contribution in [0, 0.1) is 0 Å². The van der Waals surface area contributed by atoms with Gasteiger partial charge in [-0.2, -0.15) is 16.3 Å². The molecule has 3 aromatic rings. The van der Waals surface area contributed by atoms with Crippen molar-refractivity contribution in [3.05, 3.63) is 71.3 Å². The van der Waals surface area contributed by atoms with Crippen LogP contribution < -0.4 is 0 Å². The molecule has 1 aromatic carbocycles. The molecule has 0 aliphatic heterocycles. The van der Waals surface area contributed by atoms with E-state index in [9.17, 15) is 4.79 Å². The quantitative estimate of drug-likeness (QED) is 0.537. The summed E-state index contributed by atoms with van der Waals surface area (Å²) in [7, 11) is 0. The van der Waals surface area contributed by atoms with Gasteiger partial charge in [0, 0.05) is 36.9 Å². The van der Waals surface area contributed by atoms with Crippen LogP contribution in [0.1, 0.15) is 17.9 Å². The number of nitrogens with zero attached hydrogens (tertiary/aromatic N) is 3. The Morgan fingerprint density at radius 3 is 2.81 bits per heavy atom. The largest absolute Gasteiger partial charge is 0.339 e. The second-order valence-electron chi connectivity index (χ2n) is 5.89. The van der Waals surface area contributed by atoms with Gasteiger partial charge in [-0.1, -0.05) is 41.6 Å². The molecule has 0 fully saturated rings. The minimum atomic E-state index is 0.0658. The van der Waals surface area contributed by atoms with Crippen molar-refractivity contribution in [2.75, 3.05) is 13.1 Å². The molecule has 0 unspecified atom stereocenters. The molecule has 134 valence electrons. The Kier molecular flexibility index (Phi) is 6.33. The molecule has 0 saturated carbocycles. The maximum Gasteiger partial charge on any atom is 0.227 e. The standard InChI is InChI=1S/C20H21N3O2S/c1-2-12-23(13-10-16-6-4-3-5-7-16)19(24)9-8-18-21-20(22-25-18)17-11-14-26-15-17/h2-7,11,14-15H,1,8-10,12-13H2. The van der Waals surface area contributed by atoms with Gasteiger partial charge in [-0.3, -0.25) is 4.79 Å². The highest BCUT2D eigenvalue weighted by molar-refractivity contribution is 7.08. The first-order chi connectivity index (χ1) is 12.8. The first-order valence-electron chi connectivity index (χ1n) is 8.54. The summed E-state index contributed by atoms with van der Waals surface area (Å²) in [4.78, 5) is 18.7. The van der Waals surface area contributed by atoms with Crippen LogP contribution >= 0.6 is 11.3 Å². The lowest BCUT2D eigenvalue weighted by Crippen LogP contribution is -2.33. The van der Waals surface area contributed by atoms with E-state index in [4.69, 9.17) is 4.52 Å². The lowest BCUT2D eigenvalue weighted by molar-refractivity contribution is -0.130. The average molecular weight is 367 g/mol. The van der Waals surface area contributed by atoms with Crippen molar-refractivity contribution in [3.63, 3.8) is 0 Å². The van der Waals surface area contributed by atoms with Crippen molar-refractivity contribution in [1.29, 1.82) is 0 Å². The highest BCUT2D eigenvalue weighted by Crippen LogP contribution is 2.19. The van der Waals surface area contributed by atoms with Crippen molar-refractivity contribution >= 4 is 17.2 Å². The van der Waals surface area contributed by atoms with E-state index in [1.165, 1.54) is 5.56 Å². The Morgan fingerprint density at radius 2 is 2.08 bits per heavy atom. The van der Waals surface area contributed by atoms with Gasteiger partial charge in [-0.15, -0.1) is 6.58 Å². The monoisotopic (exact) mass is 367 g/mol. The summed E-state index contributed by atoms with van der Waals surface area (Å²) in [6.07, 6.45) is 3.36. The van der Waals surface area contributed by atoms with E-state index in [2.05, 4.69) is 28.9 Å². The molecule has 0 radical (unpaired) electrons. The second-order valence-corrected chi connectivity index (χ2v) is 6.67. The molecule has 1 amide bonds. The molecule has 0 N–H and O–H groups in total. The summed E-state index contributed by atoms with van der Waals surface area (Å²) in [6, 6.07) is 12.1. The Balaban J connectivity index is 1.53. The summed E-state index contributed by atoms with van der Waals surface area (Å²) in [5, 5.41) is 7.91. The van der Waals surface area contributed by atoms with E-state index in [1.807, 2.05) is 39.9 Å². The van der Waals surface area contributed by atoms with E-state index >= 15 is 0 Å². The van der Waals surface area contributed by atoms with E-state index < -0.39 is 0 Å². The number of thiophene rings is 1. The van der Waals surface area contributed by atoms with Crippen molar-refractivity contribution in [2.45, 2.75) is 19.3 Å². The molecule has 0 bridgehead atoms. The number of aryl methyl sites for hydroxylation is 1. The number of hydrogen-bond acceptors (Lipinski definition) is 5. The highest BCUT2D eigenvalue weighted by atomic mass is 32.1. The fourth-order valence-electron chi connectivity index (χ4n) is 2.62. The number of benzene rings is 1. The fourth-order valence-corrected chi connectivity index (χ4v) is 3.25. The predicted molar refractivity (Wildman–Crippen MR) is 103 cm³/mol. The van der Waals surface area contributed by atoms with Gasteiger partial charge in [0.15, 0.2) is 0 Å². The number of amides is 1.